The van der Waals surface area contributed by atoms with Crippen LogP contribution in [0.2, 0.25) is 0 Å². The van der Waals surface area contributed by atoms with E-state index in [1.54, 1.807) is 0 Å². The van der Waals surface area contributed by atoms with Gasteiger partial charge in [0.25, 0.3) is 0 Å². The lowest BCUT2D eigenvalue weighted by Gasteiger charge is -2.56. The number of hydrazine groups is 1. The van der Waals surface area contributed by atoms with Gasteiger partial charge in [0.15, 0.2) is 4.60 Å². The Labute approximate surface area is 127 Å². The summed E-state index contributed by atoms with van der Waals surface area (Å²) in [5.41, 5.74) is 4.19. The lowest BCUT2D eigenvalue weighted by molar-refractivity contribution is -0.0537. The summed E-state index contributed by atoms with van der Waals surface area (Å²) in [4.78, 5) is 0. The van der Waals surface area contributed by atoms with E-state index < -0.39 is 0 Å². The molecule has 3 N–H and O–H groups in total. The lowest BCUT2D eigenvalue weighted by atomic mass is 9.50. The average Bonchev–Trinajstić information content (AvgIpc) is 2.73. The summed E-state index contributed by atoms with van der Waals surface area (Å²) in [5.74, 6) is 10.2. The molecule has 4 fully saturated rings. The molecule has 1 atom stereocenters. The number of nitrogens with zero attached hydrogens (tertiary/aromatic N) is 3. The zero-order valence-corrected chi connectivity index (χ0v) is 13.4. The zero-order valence-electron chi connectivity index (χ0n) is 11.8. The summed E-state index contributed by atoms with van der Waals surface area (Å²) in [6.45, 7) is 0. The van der Waals surface area contributed by atoms with Crippen LogP contribution in [0.3, 0.4) is 0 Å². The van der Waals surface area contributed by atoms with E-state index in [0.717, 1.165) is 34.0 Å². The van der Waals surface area contributed by atoms with Crippen molar-refractivity contribution < 1.29 is 0 Å². The average molecular weight is 340 g/mol. The topological polar surface area (TPSA) is 68.8 Å². The molecule has 0 spiro atoms. The molecule has 0 aliphatic heterocycles. The van der Waals surface area contributed by atoms with Gasteiger partial charge in [-0.05, 0) is 77.6 Å². The first-order valence-corrected chi connectivity index (χ1v) is 8.47. The van der Waals surface area contributed by atoms with E-state index in [9.17, 15) is 0 Å². The van der Waals surface area contributed by atoms with Crippen LogP contribution in [0, 0.1) is 29.6 Å². The normalized spacial score (nSPS) is 40.2. The molecular formula is C14H22BrN5. The number of nitrogens with one attached hydrogen (secondary N) is 1. The molecule has 5 rings (SSSR count). The van der Waals surface area contributed by atoms with Gasteiger partial charge in [-0.2, -0.15) is 0 Å². The molecule has 5 nitrogen and oxygen atoms in total. The highest BCUT2D eigenvalue weighted by molar-refractivity contribution is 9.10. The Morgan fingerprint density at radius 3 is 2.25 bits per heavy atom. The van der Waals surface area contributed by atoms with Gasteiger partial charge in [-0.15, -0.1) is 5.10 Å². The molecule has 1 aromatic heterocycles. The largest absolute Gasteiger partial charge is 0.271 e. The number of rotatable bonds is 3. The molecule has 4 saturated carbocycles. The van der Waals surface area contributed by atoms with Crippen molar-refractivity contribution in [3.05, 3.63) is 10.3 Å². The maximum absolute atomic E-state index is 5.94. The molecule has 1 aromatic rings. The number of hydrogen-bond donors (Lipinski definition) is 2. The third kappa shape index (κ3) is 1.88. The van der Waals surface area contributed by atoms with Crippen molar-refractivity contribution in [2.75, 3.05) is 0 Å². The first-order valence-electron chi connectivity index (χ1n) is 7.68. The fourth-order valence-electron chi connectivity index (χ4n) is 5.55. The lowest BCUT2D eigenvalue weighted by Crippen LogP contribution is -2.51. The fraction of sp³-hybridized carbons (Fsp3) is 0.857. The molecule has 6 heteroatoms. The van der Waals surface area contributed by atoms with Crippen LogP contribution < -0.4 is 11.3 Å². The molecular weight excluding hydrogens is 318 g/mol. The molecule has 1 unspecified atom stereocenters. The van der Waals surface area contributed by atoms with Gasteiger partial charge in [-0.1, -0.05) is 5.21 Å². The Morgan fingerprint density at radius 1 is 1.20 bits per heavy atom. The molecule has 4 bridgehead atoms. The number of aromatic nitrogens is 3. The Bertz CT molecular complexity index is 466. The number of aryl methyl sites for hydroxylation is 1. The van der Waals surface area contributed by atoms with Crippen LogP contribution in [0.25, 0.3) is 0 Å². The van der Waals surface area contributed by atoms with Crippen molar-refractivity contribution in [3.8, 4) is 0 Å². The smallest absolute Gasteiger partial charge is 0.153 e. The summed E-state index contributed by atoms with van der Waals surface area (Å²) in [6.07, 6.45) is 7.09. The van der Waals surface area contributed by atoms with Gasteiger partial charge < -0.3 is 0 Å². The minimum Gasteiger partial charge on any atom is -0.271 e. The molecule has 0 aromatic carbocycles. The van der Waals surface area contributed by atoms with E-state index in [0.29, 0.717) is 5.92 Å². The van der Waals surface area contributed by atoms with Crippen LogP contribution in [0.4, 0.5) is 0 Å². The summed E-state index contributed by atoms with van der Waals surface area (Å²) in [7, 11) is 1.95. The van der Waals surface area contributed by atoms with Gasteiger partial charge >= 0.3 is 0 Å². The molecule has 20 heavy (non-hydrogen) atoms. The molecule has 0 saturated heterocycles. The van der Waals surface area contributed by atoms with Crippen molar-refractivity contribution in [3.63, 3.8) is 0 Å². The van der Waals surface area contributed by atoms with Crippen molar-refractivity contribution in [2.24, 2.45) is 42.5 Å². The first-order chi connectivity index (χ1) is 9.67. The Balaban J connectivity index is 1.68. The predicted octanol–water partition coefficient (Wildman–Crippen LogP) is 2.15. The Hall–Kier alpha value is -0.460. The van der Waals surface area contributed by atoms with Crippen LogP contribution in [-0.2, 0) is 7.05 Å². The van der Waals surface area contributed by atoms with E-state index in [1.165, 1.54) is 32.1 Å². The minimum absolute atomic E-state index is 0.166. The molecule has 0 radical (unpaired) electrons. The van der Waals surface area contributed by atoms with Crippen molar-refractivity contribution in [1.29, 1.82) is 0 Å². The van der Waals surface area contributed by atoms with Crippen molar-refractivity contribution >= 4 is 15.9 Å². The van der Waals surface area contributed by atoms with Crippen LogP contribution in [0.1, 0.15) is 43.8 Å². The third-order valence-electron chi connectivity index (χ3n) is 5.99. The van der Waals surface area contributed by atoms with E-state index in [4.69, 9.17) is 5.84 Å². The summed E-state index contributed by atoms with van der Waals surface area (Å²) >= 11 is 3.54. The van der Waals surface area contributed by atoms with E-state index in [1.807, 2.05) is 11.7 Å². The van der Waals surface area contributed by atoms with Crippen LogP contribution in [0.5, 0.6) is 0 Å². The van der Waals surface area contributed by atoms with Gasteiger partial charge in [0.2, 0.25) is 0 Å². The van der Waals surface area contributed by atoms with Gasteiger partial charge in [-0.25, -0.2) is 4.68 Å². The SMILES string of the molecule is Cn1nnc(Br)c1C(NN)C1C2CC3CC(C2)CC1C3. The molecule has 4 aliphatic carbocycles. The molecule has 4 aliphatic rings. The minimum atomic E-state index is 0.166. The van der Waals surface area contributed by atoms with Crippen LogP contribution in [-0.4, -0.2) is 15.0 Å². The van der Waals surface area contributed by atoms with Crippen molar-refractivity contribution in [2.45, 2.75) is 38.1 Å². The van der Waals surface area contributed by atoms with Gasteiger partial charge in [0, 0.05) is 7.05 Å². The third-order valence-corrected chi connectivity index (χ3v) is 6.55. The van der Waals surface area contributed by atoms with Crippen molar-refractivity contribution in [1.82, 2.24) is 20.4 Å². The number of hydrogen-bond acceptors (Lipinski definition) is 4. The molecule has 0 amide bonds. The highest BCUT2D eigenvalue weighted by atomic mass is 79.9. The zero-order chi connectivity index (χ0) is 13.9. The summed E-state index contributed by atoms with van der Waals surface area (Å²) < 4.78 is 2.69. The predicted molar refractivity (Wildman–Crippen MR) is 79.3 cm³/mol. The second-order valence-corrected chi connectivity index (χ2v) is 7.79. The molecule has 1 heterocycles. The van der Waals surface area contributed by atoms with E-state index >= 15 is 0 Å². The molecule has 110 valence electrons. The van der Waals surface area contributed by atoms with Crippen LogP contribution in [0.15, 0.2) is 4.60 Å². The highest BCUT2D eigenvalue weighted by Gasteiger charge is 2.51. The monoisotopic (exact) mass is 339 g/mol. The number of nitrogens with two attached hydrogens (primary N) is 1. The van der Waals surface area contributed by atoms with E-state index in [-0.39, 0.29) is 6.04 Å². The second-order valence-electron chi connectivity index (χ2n) is 7.04. The maximum Gasteiger partial charge on any atom is 0.153 e. The second kappa shape index (κ2) is 4.78. The number of halogens is 1. The van der Waals surface area contributed by atoms with Gasteiger partial charge in [-0.3, -0.25) is 11.3 Å². The van der Waals surface area contributed by atoms with Crippen LogP contribution >= 0.6 is 15.9 Å². The highest BCUT2D eigenvalue weighted by Crippen LogP contribution is 2.59. The fourth-order valence-corrected chi connectivity index (χ4v) is 6.13. The summed E-state index contributed by atoms with van der Waals surface area (Å²) in [6, 6.07) is 0.166. The van der Waals surface area contributed by atoms with Gasteiger partial charge in [0.1, 0.15) is 0 Å². The summed E-state index contributed by atoms with van der Waals surface area (Å²) in [5, 5.41) is 8.25. The first kappa shape index (κ1) is 13.2. The quantitative estimate of drug-likeness (QED) is 0.654. The Kier molecular flexibility index (Phi) is 3.16. The van der Waals surface area contributed by atoms with E-state index in [2.05, 4.69) is 31.7 Å². The maximum atomic E-state index is 5.94. The Morgan fingerprint density at radius 2 is 1.80 bits per heavy atom. The standard InChI is InChI=1S/C14H22BrN5/c1-20-13(14(15)18-19-20)12(17-16)11-9-3-7-2-8(5-9)6-10(11)4-7/h7-12,17H,2-6,16H2,1H3. The van der Waals surface area contributed by atoms with Gasteiger partial charge in [0.05, 0.1) is 11.7 Å².